The van der Waals surface area contributed by atoms with Crippen LogP contribution in [-0.2, 0) is 23.7 Å². The molecule has 46 heavy (non-hydrogen) atoms. The van der Waals surface area contributed by atoms with E-state index in [9.17, 15) is 14.4 Å². The van der Waals surface area contributed by atoms with Gasteiger partial charge < -0.3 is 28.7 Å². The molecule has 10 heteroatoms. The summed E-state index contributed by atoms with van der Waals surface area (Å²) in [6, 6.07) is 0. The number of Topliss-reactive ketones (excluding diaryl/α,β-unsaturated/α-hetero) is 1. The van der Waals surface area contributed by atoms with Crippen LogP contribution in [0.4, 0.5) is 9.59 Å². The van der Waals surface area contributed by atoms with Crippen LogP contribution in [0.1, 0.15) is 139 Å². The number of hydrogen-bond donors (Lipinski definition) is 0. The average Bonchev–Trinajstić information content (AvgIpc) is 3.75. The van der Waals surface area contributed by atoms with E-state index >= 15 is 0 Å². The predicted molar refractivity (Wildman–Crippen MR) is 186 cm³/mol. The molecule has 4 heterocycles. The van der Waals surface area contributed by atoms with Gasteiger partial charge in [-0.25, -0.2) is 9.59 Å². The van der Waals surface area contributed by atoms with E-state index in [0.717, 1.165) is 65.2 Å². The van der Waals surface area contributed by atoms with Gasteiger partial charge in [-0.05, 0) is 112 Å². The molecule has 0 spiro atoms. The second-order valence-corrected chi connectivity index (χ2v) is 14.7. The Morgan fingerprint density at radius 1 is 0.674 bits per heavy atom. The van der Waals surface area contributed by atoms with Gasteiger partial charge in [-0.2, -0.15) is 0 Å². The van der Waals surface area contributed by atoms with Gasteiger partial charge in [-0.1, -0.05) is 26.7 Å². The monoisotopic (exact) mass is 652 g/mol. The maximum absolute atomic E-state index is 11.9. The number of hydrogen-bond acceptors (Lipinski definition) is 7. The van der Waals surface area contributed by atoms with Crippen molar-refractivity contribution in [2.24, 2.45) is 11.8 Å². The molecule has 0 aromatic carbocycles. The van der Waals surface area contributed by atoms with E-state index in [1.807, 2.05) is 53.4 Å². The van der Waals surface area contributed by atoms with E-state index in [2.05, 4.69) is 6.92 Å². The number of ketones is 1. The Kier molecular flexibility index (Phi) is 23.4. The molecule has 0 saturated carbocycles. The maximum atomic E-state index is 11.9. The predicted octanol–water partition coefficient (Wildman–Crippen LogP) is 8.04. The Morgan fingerprint density at radius 3 is 1.52 bits per heavy atom. The Morgan fingerprint density at radius 2 is 1.13 bits per heavy atom. The van der Waals surface area contributed by atoms with E-state index in [-0.39, 0.29) is 37.9 Å². The van der Waals surface area contributed by atoms with Gasteiger partial charge in [0.1, 0.15) is 17.0 Å². The second kappa shape index (κ2) is 24.4. The van der Waals surface area contributed by atoms with E-state index < -0.39 is 5.60 Å². The number of ether oxygens (including phenoxy) is 4. The van der Waals surface area contributed by atoms with Crippen molar-refractivity contribution in [3.05, 3.63) is 0 Å². The van der Waals surface area contributed by atoms with Crippen LogP contribution in [0.3, 0.4) is 0 Å². The fraction of sp³-hybridized carbons (Fsp3) is 0.917. The third-order valence-electron chi connectivity index (χ3n) is 7.82. The molecule has 4 saturated heterocycles. The molecule has 3 radical (unpaired) electrons. The zero-order valence-electron chi connectivity index (χ0n) is 30.8. The van der Waals surface area contributed by atoms with E-state index in [1.54, 1.807) is 4.90 Å². The van der Waals surface area contributed by atoms with E-state index in [0.29, 0.717) is 25.4 Å². The molecule has 2 atom stereocenters. The normalized spacial score (nSPS) is 21.2. The van der Waals surface area contributed by atoms with Crippen molar-refractivity contribution < 1.29 is 33.3 Å². The second-order valence-electron chi connectivity index (χ2n) is 14.7. The van der Waals surface area contributed by atoms with Crippen LogP contribution < -0.4 is 0 Å². The van der Waals surface area contributed by atoms with Gasteiger partial charge in [0, 0.05) is 73.4 Å². The number of piperidine rings is 2. The van der Waals surface area contributed by atoms with Crippen molar-refractivity contribution in [1.29, 1.82) is 0 Å². The largest absolute Gasteiger partial charge is 0.444 e. The minimum absolute atomic E-state index is 0. The zero-order chi connectivity index (χ0) is 33.7. The zero-order valence-corrected chi connectivity index (χ0v) is 30.8. The summed E-state index contributed by atoms with van der Waals surface area (Å²) in [6.07, 6.45) is 14.1. The lowest BCUT2D eigenvalue weighted by atomic mass is 9.92. The first kappa shape index (κ1) is 44.2. The van der Waals surface area contributed by atoms with Crippen molar-refractivity contribution in [1.82, 2.24) is 9.80 Å². The molecule has 2 amide bonds. The lowest BCUT2D eigenvalue weighted by Gasteiger charge is -2.34. The fourth-order valence-electron chi connectivity index (χ4n) is 5.49. The van der Waals surface area contributed by atoms with Crippen LogP contribution in [0.5, 0.6) is 0 Å². The topological polar surface area (TPSA) is 94.6 Å². The Hall–Kier alpha value is -1.81. The molecule has 4 fully saturated rings. The van der Waals surface area contributed by atoms with Gasteiger partial charge >= 0.3 is 12.2 Å². The smallest absolute Gasteiger partial charge is 0.410 e. The summed E-state index contributed by atoms with van der Waals surface area (Å²) < 4.78 is 20.6. The SMILES string of the molecule is C1CCOC1.C1CCOC1.CCCC(=O)C1CCCN(C(=O)OC(C)(C)C)C1.CCCCC1CCCN(C(=O)OC(C)(C)C)C1.[B]. The third-order valence-corrected chi connectivity index (χ3v) is 7.82. The molecule has 0 aromatic rings. The average molecular weight is 652 g/mol. The van der Waals surface area contributed by atoms with Crippen molar-refractivity contribution in [2.75, 3.05) is 52.6 Å². The van der Waals surface area contributed by atoms with Crippen LogP contribution in [0.2, 0.25) is 0 Å². The fourth-order valence-corrected chi connectivity index (χ4v) is 5.49. The summed E-state index contributed by atoms with van der Waals surface area (Å²) in [5.74, 6) is 0.966. The third kappa shape index (κ3) is 21.9. The van der Waals surface area contributed by atoms with E-state index in [4.69, 9.17) is 18.9 Å². The molecule has 4 aliphatic heterocycles. The molecule has 0 aliphatic carbocycles. The molecule has 0 aromatic heterocycles. The Bertz CT molecular complexity index is 795. The van der Waals surface area contributed by atoms with Crippen molar-refractivity contribution in [2.45, 2.75) is 150 Å². The van der Waals surface area contributed by atoms with E-state index in [1.165, 1.54) is 51.4 Å². The number of unbranched alkanes of at least 4 members (excludes halogenated alkanes) is 1. The number of rotatable bonds is 6. The summed E-state index contributed by atoms with van der Waals surface area (Å²) in [4.78, 5) is 39.3. The highest BCUT2D eigenvalue weighted by Crippen LogP contribution is 2.24. The molecule has 267 valence electrons. The standard InChI is InChI=1S/C14H25NO3.C14H27NO2.2C4H8O.B/c1-5-7-12(16)11-8-6-9-15(10-11)13(17)18-14(2,3)4;1-5-6-8-12-9-7-10-15(11-12)13(16)17-14(2,3)4;2*1-2-4-5-3-1;/h11H,5-10H2,1-4H3;12H,5-11H2,1-4H3;2*1-4H2;. The van der Waals surface area contributed by atoms with Gasteiger partial charge in [-0.15, -0.1) is 0 Å². The highest BCUT2D eigenvalue weighted by molar-refractivity contribution is 5.82. The lowest BCUT2D eigenvalue weighted by molar-refractivity contribution is -0.124. The molecule has 9 nitrogen and oxygen atoms in total. The maximum Gasteiger partial charge on any atom is 0.410 e. The lowest BCUT2D eigenvalue weighted by Crippen LogP contribution is -2.44. The quantitative estimate of drug-likeness (QED) is 0.268. The Labute approximate surface area is 283 Å². The van der Waals surface area contributed by atoms with Crippen molar-refractivity contribution in [3.8, 4) is 0 Å². The molecular weight excluding hydrogens is 583 g/mol. The van der Waals surface area contributed by atoms with Crippen LogP contribution in [0.25, 0.3) is 0 Å². The van der Waals surface area contributed by atoms with Gasteiger partial charge in [0.25, 0.3) is 0 Å². The number of likely N-dealkylation sites (tertiary alicyclic amines) is 2. The summed E-state index contributed by atoms with van der Waals surface area (Å²) >= 11 is 0. The first-order chi connectivity index (χ1) is 21.3. The van der Waals surface area contributed by atoms with Crippen LogP contribution in [0, 0.1) is 11.8 Å². The number of amides is 2. The van der Waals surface area contributed by atoms with Crippen LogP contribution >= 0.6 is 0 Å². The first-order valence-corrected chi connectivity index (χ1v) is 17.9. The molecule has 4 aliphatic rings. The summed E-state index contributed by atoms with van der Waals surface area (Å²) in [5, 5.41) is 0. The number of carbonyl (C=O) groups is 3. The number of carbonyl (C=O) groups excluding carboxylic acids is 3. The van der Waals surface area contributed by atoms with Crippen LogP contribution in [0.15, 0.2) is 0 Å². The molecule has 0 N–H and O–H groups in total. The van der Waals surface area contributed by atoms with Crippen molar-refractivity contribution in [3.63, 3.8) is 0 Å². The van der Waals surface area contributed by atoms with Crippen LogP contribution in [-0.4, -0.2) is 100.0 Å². The summed E-state index contributed by atoms with van der Waals surface area (Å²) in [6.45, 7) is 22.5. The number of nitrogens with zero attached hydrogens (tertiary/aromatic N) is 2. The molecule has 0 bridgehead atoms. The minimum Gasteiger partial charge on any atom is -0.444 e. The Balaban J connectivity index is 0.000000663. The van der Waals surface area contributed by atoms with Gasteiger partial charge in [-0.3, -0.25) is 4.79 Å². The van der Waals surface area contributed by atoms with Crippen molar-refractivity contribution >= 4 is 26.4 Å². The van der Waals surface area contributed by atoms with Gasteiger partial charge in [0.15, 0.2) is 0 Å². The first-order valence-electron chi connectivity index (χ1n) is 17.9. The summed E-state index contributed by atoms with van der Waals surface area (Å²) in [7, 11) is 0. The summed E-state index contributed by atoms with van der Waals surface area (Å²) in [5.41, 5.74) is -0.856. The minimum atomic E-state index is -0.475. The molecule has 4 rings (SSSR count). The van der Waals surface area contributed by atoms with Gasteiger partial charge in [0.2, 0.25) is 0 Å². The van der Waals surface area contributed by atoms with Gasteiger partial charge in [0.05, 0.1) is 0 Å². The highest BCUT2D eigenvalue weighted by Gasteiger charge is 2.30. The molecular formula is C36H68BN2O7. The molecule has 2 unspecified atom stereocenters. The highest BCUT2D eigenvalue weighted by atomic mass is 16.6.